The molecule has 1 aromatic heterocycles. The van der Waals surface area contributed by atoms with E-state index >= 15 is 0 Å². The molecule has 24 heavy (non-hydrogen) atoms. The van der Waals surface area contributed by atoms with E-state index in [1.165, 1.54) is 30.5 Å². The van der Waals surface area contributed by atoms with E-state index in [2.05, 4.69) is 67.3 Å². The molecule has 1 fully saturated rings. The second-order valence-corrected chi connectivity index (χ2v) is 7.32. The van der Waals surface area contributed by atoms with Gasteiger partial charge in [-0.05, 0) is 26.4 Å². The predicted octanol–water partition coefficient (Wildman–Crippen LogP) is 3.25. The van der Waals surface area contributed by atoms with E-state index in [4.69, 9.17) is 5.10 Å². The Morgan fingerprint density at radius 3 is 2.58 bits per heavy atom. The van der Waals surface area contributed by atoms with Crippen molar-refractivity contribution in [2.45, 2.75) is 32.4 Å². The number of likely N-dealkylation sites (tertiary alicyclic amines) is 1. The molecule has 4 heteroatoms. The molecule has 4 nitrogen and oxygen atoms in total. The molecule has 1 aromatic carbocycles. The fourth-order valence-electron chi connectivity index (χ4n) is 4.04. The summed E-state index contributed by atoms with van der Waals surface area (Å²) in [6, 6.07) is 11.2. The number of benzene rings is 1. The Kier molecular flexibility index (Phi) is 5.36. The standard InChI is InChI=1S/C20H30N4/c1-5-9-17-13-24(15-19(17)22(2)3)14-18-12-23(4)21-20(18)16-10-7-6-8-11-16/h6-8,10-12,17,19H,5,9,13-15H2,1-4H3/t17-,19-/m1/s1. The molecule has 0 bridgehead atoms. The molecule has 0 N–H and O–H groups in total. The van der Waals surface area contributed by atoms with Gasteiger partial charge in [0.05, 0.1) is 5.69 Å². The SMILES string of the molecule is CCC[C@@H]1CN(Cc2cn(C)nc2-c2ccccc2)C[C@H]1N(C)C. The van der Waals surface area contributed by atoms with Gasteiger partial charge in [0, 0.05) is 50.0 Å². The van der Waals surface area contributed by atoms with Crippen molar-refractivity contribution in [3.63, 3.8) is 0 Å². The molecule has 2 aromatic rings. The Morgan fingerprint density at radius 1 is 1.17 bits per heavy atom. The minimum Gasteiger partial charge on any atom is -0.305 e. The molecule has 1 aliphatic heterocycles. The minimum absolute atomic E-state index is 0.668. The maximum absolute atomic E-state index is 4.71. The molecule has 0 spiro atoms. The van der Waals surface area contributed by atoms with Crippen LogP contribution in [0.2, 0.25) is 0 Å². The maximum Gasteiger partial charge on any atom is 0.0968 e. The van der Waals surface area contributed by atoms with Crippen molar-refractivity contribution in [2.75, 3.05) is 27.2 Å². The van der Waals surface area contributed by atoms with Crippen LogP contribution in [0.5, 0.6) is 0 Å². The number of rotatable bonds is 6. The van der Waals surface area contributed by atoms with Crippen molar-refractivity contribution < 1.29 is 0 Å². The van der Waals surface area contributed by atoms with Crippen LogP contribution in [0.25, 0.3) is 11.3 Å². The summed E-state index contributed by atoms with van der Waals surface area (Å²) in [5, 5.41) is 4.71. The molecule has 0 amide bonds. The zero-order valence-corrected chi connectivity index (χ0v) is 15.4. The highest BCUT2D eigenvalue weighted by atomic mass is 15.3. The topological polar surface area (TPSA) is 24.3 Å². The third kappa shape index (κ3) is 3.70. The number of hydrogen-bond donors (Lipinski definition) is 0. The maximum atomic E-state index is 4.71. The lowest BCUT2D eigenvalue weighted by Gasteiger charge is -2.24. The van der Waals surface area contributed by atoms with Crippen LogP contribution >= 0.6 is 0 Å². The lowest BCUT2D eigenvalue weighted by molar-refractivity contribution is 0.239. The van der Waals surface area contributed by atoms with Gasteiger partial charge in [-0.3, -0.25) is 9.58 Å². The van der Waals surface area contributed by atoms with Gasteiger partial charge in [0.25, 0.3) is 0 Å². The van der Waals surface area contributed by atoms with E-state index in [1.807, 2.05) is 11.7 Å². The summed E-state index contributed by atoms with van der Waals surface area (Å²) >= 11 is 0. The van der Waals surface area contributed by atoms with Gasteiger partial charge in [-0.25, -0.2) is 0 Å². The predicted molar refractivity (Wildman–Crippen MR) is 99.8 cm³/mol. The summed E-state index contributed by atoms with van der Waals surface area (Å²) in [4.78, 5) is 5.01. The molecule has 2 heterocycles. The van der Waals surface area contributed by atoms with E-state index in [0.29, 0.717) is 6.04 Å². The highest BCUT2D eigenvalue weighted by Gasteiger charge is 2.33. The average molecular weight is 326 g/mol. The van der Waals surface area contributed by atoms with Gasteiger partial charge in [0.15, 0.2) is 0 Å². The van der Waals surface area contributed by atoms with E-state index < -0.39 is 0 Å². The zero-order chi connectivity index (χ0) is 17.1. The number of likely N-dealkylation sites (N-methyl/N-ethyl adjacent to an activating group) is 1. The molecule has 2 atom stereocenters. The van der Waals surface area contributed by atoms with Gasteiger partial charge in [-0.15, -0.1) is 0 Å². The smallest absolute Gasteiger partial charge is 0.0968 e. The van der Waals surface area contributed by atoms with Crippen LogP contribution in [0.1, 0.15) is 25.3 Å². The van der Waals surface area contributed by atoms with Gasteiger partial charge >= 0.3 is 0 Å². The Hall–Kier alpha value is -1.65. The van der Waals surface area contributed by atoms with Crippen LogP contribution < -0.4 is 0 Å². The van der Waals surface area contributed by atoms with E-state index in [0.717, 1.165) is 24.7 Å². The molecule has 130 valence electrons. The summed E-state index contributed by atoms with van der Waals surface area (Å²) in [6.07, 6.45) is 4.77. The normalized spacial score (nSPS) is 21.7. The second kappa shape index (κ2) is 7.49. The van der Waals surface area contributed by atoms with Gasteiger partial charge in [-0.1, -0.05) is 43.7 Å². The number of nitrogens with zero attached hydrogens (tertiary/aromatic N) is 4. The highest BCUT2D eigenvalue weighted by Crippen LogP contribution is 2.28. The number of aromatic nitrogens is 2. The average Bonchev–Trinajstić information content (AvgIpc) is 3.12. The van der Waals surface area contributed by atoms with Gasteiger partial charge in [0.2, 0.25) is 0 Å². The lowest BCUT2D eigenvalue weighted by Crippen LogP contribution is -2.35. The van der Waals surface area contributed by atoms with E-state index in [9.17, 15) is 0 Å². The molecule has 0 radical (unpaired) electrons. The monoisotopic (exact) mass is 326 g/mol. The van der Waals surface area contributed by atoms with Crippen LogP contribution in [0.3, 0.4) is 0 Å². The van der Waals surface area contributed by atoms with Gasteiger partial charge in [-0.2, -0.15) is 5.10 Å². The molecular weight excluding hydrogens is 296 g/mol. The molecule has 0 unspecified atom stereocenters. The van der Waals surface area contributed by atoms with E-state index in [-0.39, 0.29) is 0 Å². The molecular formula is C20H30N4. The Balaban J connectivity index is 1.77. The fourth-order valence-corrected chi connectivity index (χ4v) is 4.04. The molecule has 1 aliphatic rings. The summed E-state index contributed by atoms with van der Waals surface area (Å²) in [5.41, 5.74) is 3.67. The first-order valence-corrected chi connectivity index (χ1v) is 9.05. The third-order valence-corrected chi connectivity index (χ3v) is 5.15. The van der Waals surface area contributed by atoms with Crippen LogP contribution in [-0.2, 0) is 13.6 Å². The van der Waals surface area contributed by atoms with Gasteiger partial charge < -0.3 is 4.90 Å². The first kappa shape index (κ1) is 17.2. The second-order valence-electron chi connectivity index (χ2n) is 7.32. The first-order chi connectivity index (χ1) is 11.6. The number of aryl methyl sites for hydroxylation is 1. The summed E-state index contributed by atoms with van der Waals surface area (Å²) in [6.45, 7) is 5.63. The van der Waals surface area contributed by atoms with Gasteiger partial charge in [0.1, 0.15) is 0 Å². The van der Waals surface area contributed by atoms with Crippen LogP contribution in [-0.4, -0.2) is 52.8 Å². The van der Waals surface area contributed by atoms with Crippen molar-refractivity contribution in [2.24, 2.45) is 13.0 Å². The fraction of sp³-hybridized carbons (Fsp3) is 0.550. The van der Waals surface area contributed by atoms with Crippen molar-refractivity contribution >= 4 is 0 Å². The molecule has 3 rings (SSSR count). The first-order valence-electron chi connectivity index (χ1n) is 9.05. The summed E-state index contributed by atoms with van der Waals surface area (Å²) < 4.78 is 1.95. The quantitative estimate of drug-likeness (QED) is 0.814. The Labute approximate surface area is 146 Å². The van der Waals surface area contributed by atoms with Crippen molar-refractivity contribution in [3.8, 4) is 11.3 Å². The van der Waals surface area contributed by atoms with E-state index in [1.54, 1.807) is 0 Å². The largest absolute Gasteiger partial charge is 0.305 e. The Bertz CT molecular complexity index is 647. The van der Waals surface area contributed by atoms with Crippen LogP contribution in [0.4, 0.5) is 0 Å². The highest BCUT2D eigenvalue weighted by molar-refractivity contribution is 5.62. The zero-order valence-electron chi connectivity index (χ0n) is 15.4. The minimum atomic E-state index is 0.668. The van der Waals surface area contributed by atoms with Crippen molar-refractivity contribution in [1.82, 2.24) is 19.6 Å². The summed E-state index contributed by atoms with van der Waals surface area (Å²) in [7, 11) is 6.45. The molecule has 0 aliphatic carbocycles. The van der Waals surface area contributed by atoms with Crippen molar-refractivity contribution in [3.05, 3.63) is 42.1 Å². The third-order valence-electron chi connectivity index (χ3n) is 5.15. The van der Waals surface area contributed by atoms with Crippen LogP contribution in [0, 0.1) is 5.92 Å². The molecule has 0 saturated carbocycles. The van der Waals surface area contributed by atoms with Crippen molar-refractivity contribution in [1.29, 1.82) is 0 Å². The number of hydrogen-bond acceptors (Lipinski definition) is 3. The van der Waals surface area contributed by atoms with Crippen LogP contribution in [0.15, 0.2) is 36.5 Å². The Morgan fingerprint density at radius 2 is 1.92 bits per heavy atom. The molecule has 1 saturated heterocycles. The lowest BCUT2D eigenvalue weighted by atomic mass is 9.98. The summed E-state index contributed by atoms with van der Waals surface area (Å²) in [5.74, 6) is 0.779.